The summed E-state index contributed by atoms with van der Waals surface area (Å²) in [6, 6.07) is 9.47. The topological polar surface area (TPSA) is 93.2 Å². The minimum atomic E-state index is -0.343. The van der Waals surface area contributed by atoms with Crippen molar-refractivity contribution < 1.29 is 37.4 Å². The van der Waals surface area contributed by atoms with Gasteiger partial charge in [-0.05, 0) is 74.3 Å². The molecule has 0 amide bonds. The number of hydrogen-bond acceptors (Lipinski definition) is 9. The summed E-state index contributed by atoms with van der Waals surface area (Å²) in [5.74, 6) is -0.0922. The Bertz CT molecular complexity index is 1460. The van der Waals surface area contributed by atoms with Crippen molar-refractivity contribution in [3.05, 3.63) is 94.0 Å². The molecule has 4 aliphatic rings. The predicted molar refractivity (Wildman–Crippen MR) is 179 cm³/mol. The average Bonchev–Trinajstić information content (AvgIpc) is 4.01. The summed E-state index contributed by atoms with van der Waals surface area (Å²) in [4.78, 5) is 49.7. The second-order valence-electron chi connectivity index (χ2n) is 13.1. The minimum absolute atomic E-state index is 0.0226. The van der Waals surface area contributed by atoms with Crippen LogP contribution in [0.25, 0.3) is 0 Å². The third-order valence-corrected chi connectivity index (χ3v) is 10.0. The molecule has 6 rings (SSSR count). The molecule has 2 aromatic rings. The summed E-state index contributed by atoms with van der Waals surface area (Å²) in [7, 11) is 0. The summed E-state index contributed by atoms with van der Waals surface area (Å²) in [6.07, 6.45) is 8.20. The normalized spacial score (nSPS) is 23.2. The Morgan fingerprint density at radius 2 is 1.21 bits per heavy atom. The number of piperidine rings is 2. The monoisotopic (exact) mass is 680 g/mol. The highest BCUT2D eigenvalue weighted by Crippen LogP contribution is 2.36. The molecule has 0 spiro atoms. The number of halogens is 2. The molecule has 2 aliphatic heterocycles. The van der Waals surface area contributed by atoms with Crippen LogP contribution in [0.15, 0.2) is 60.1 Å². The maximum absolute atomic E-state index is 14.4. The summed E-state index contributed by atoms with van der Waals surface area (Å²) < 4.78 is 38.2. The Hall–Kier alpha value is -3.67. The highest BCUT2D eigenvalue weighted by Gasteiger charge is 2.34. The number of ether oxygens (including phenoxy) is 2. The fourth-order valence-corrected chi connectivity index (χ4v) is 6.49. The van der Waals surface area contributed by atoms with Gasteiger partial charge in [0.2, 0.25) is 0 Å². The van der Waals surface area contributed by atoms with Gasteiger partial charge in [0.1, 0.15) is 11.6 Å². The van der Waals surface area contributed by atoms with Gasteiger partial charge in [-0.15, -0.1) is 0 Å². The van der Waals surface area contributed by atoms with Crippen LogP contribution in [0.2, 0.25) is 0 Å². The summed E-state index contributed by atoms with van der Waals surface area (Å²) >= 11 is 4.49. The lowest BCUT2D eigenvalue weighted by molar-refractivity contribution is -0.124. The third kappa shape index (κ3) is 9.27. The van der Waals surface area contributed by atoms with Crippen molar-refractivity contribution in [2.45, 2.75) is 63.8 Å². The number of hydrogen-bond donors (Lipinski definition) is 1. The number of thiol groups is 1. The molecule has 48 heavy (non-hydrogen) atoms. The Morgan fingerprint density at radius 1 is 0.750 bits per heavy atom. The van der Waals surface area contributed by atoms with Crippen LogP contribution < -0.4 is 0 Å². The van der Waals surface area contributed by atoms with Crippen molar-refractivity contribution in [2.24, 2.45) is 17.8 Å². The second-order valence-corrected chi connectivity index (χ2v) is 13.7. The summed E-state index contributed by atoms with van der Waals surface area (Å²) in [6.45, 7) is 6.34. The van der Waals surface area contributed by atoms with Crippen LogP contribution in [-0.4, -0.2) is 65.7 Å². The van der Waals surface area contributed by atoms with Crippen LogP contribution in [-0.2, 0) is 32.2 Å². The number of rotatable bonds is 12. The first-order valence-corrected chi connectivity index (χ1v) is 17.0. The van der Waals surface area contributed by atoms with Gasteiger partial charge < -0.3 is 9.47 Å². The zero-order chi connectivity index (χ0) is 34.2. The molecular weight excluding hydrogens is 638 g/mol. The van der Waals surface area contributed by atoms with Gasteiger partial charge in [0.05, 0.1) is 12.5 Å². The number of carbonyl (C=O) groups is 4. The molecule has 11 heteroatoms. The molecule has 2 saturated carbocycles. The van der Waals surface area contributed by atoms with Crippen LogP contribution >= 0.6 is 12.6 Å². The van der Waals surface area contributed by atoms with E-state index < -0.39 is 0 Å². The third-order valence-electron chi connectivity index (χ3n) is 9.45. The second kappa shape index (κ2) is 16.6. The number of likely N-dealkylation sites (tertiary alicyclic amines) is 2. The van der Waals surface area contributed by atoms with E-state index in [1.54, 1.807) is 24.3 Å². The minimum Gasteiger partial charge on any atom is -0.437 e. The van der Waals surface area contributed by atoms with Crippen LogP contribution in [0.1, 0.15) is 77.3 Å². The van der Waals surface area contributed by atoms with Crippen molar-refractivity contribution in [1.82, 2.24) is 9.80 Å². The zero-order valence-corrected chi connectivity index (χ0v) is 28.0. The smallest absolute Gasteiger partial charge is 0.297 e. The van der Waals surface area contributed by atoms with Gasteiger partial charge in [-0.1, -0.05) is 31.2 Å². The lowest BCUT2D eigenvalue weighted by Crippen LogP contribution is -2.36. The summed E-state index contributed by atoms with van der Waals surface area (Å²) in [5.41, 5.74) is 3.86. The maximum atomic E-state index is 14.4. The van der Waals surface area contributed by atoms with E-state index in [0.29, 0.717) is 67.3 Å². The highest BCUT2D eigenvalue weighted by molar-refractivity contribution is 7.81. The van der Waals surface area contributed by atoms with E-state index in [0.717, 1.165) is 62.8 Å². The van der Waals surface area contributed by atoms with E-state index in [4.69, 9.17) is 9.47 Å². The molecule has 2 aromatic carbocycles. The first-order valence-electron chi connectivity index (χ1n) is 16.5. The Kier molecular flexibility index (Phi) is 12.3. The van der Waals surface area contributed by atoms with Crippen molar-refractivity contribution in [2.75, 3.05) is 26.2 Å². The Balaban J connectivity index is 0.000000188. The van der Waals surface area contributed by atoms with Crippen molar-refractivity contribution in [3.8, 4) is 0 Å². The molecule has 2 aliphatic carbocycles. The van der Waals surface area contributed by atoms with Gasteiger partial charge in [0.15, 0.2) is 11.6 Å². The standard InChI is InChI=1S/C19H22FNO3.C18H20FNO3S/c1-13-7-8-21(9-15(13)11-24-12-22)10-17-16(3-2-4-18(17)20)19(23)14-5-6-14;19-16-3-1-2-14(18(22)12-4-5-12)15(16)9-20-7-6-17(24)13(8-20)10-23-11-21/h2-4,11-14H,5-10H2,1H3;1-3,10-12,17,24H,4-9H2/b15-11-;13-10-. The molecule has 8 nitrogen and oxygen atoms in total. The van der Waals surface area contributed by atoms with Crippen molar-refractivity contribution >= 4 is 37.1 Å². The fraction of sp³-hybridized carbons (Fsp3) is 0.459. The number of Topliss-reactive ketones (excluding diaryl/α,β-unsaturated/α-hetero) is 2. The molecule has 2 unspecified atom stereocenters. The highest BCUT2D eigenvalue weighted by atomic mass is 32.1. The summed E-state index contributed by atoms with van der Waals surface area (Å²) in [5, 5.41) is 0.0226. The van der Waals surface area contributed by atoms with E-state index in [2.05, 4.69) is 29.4 Å². The molecule has 2 saturated heterocycles. The quantitative estimate of drug-likeness (QED) is 0.121. The molecule has 256 valence electrons. The molecule has 2 heterocycles. The van der Waals surface area contributed by atoms with E-state index in [9.17, 15) is 28.0 Å². The van der Waals surface area contributed by atoms with Crippen molar-refractivity contribution in [1.29, 1.82) is 0 Å². The van der Waals surface area contributed by atoms with Crippen LogP contribution in [0.4, 0.5) is 8.78 Å². The Morgan fingerprint density at radius 3 is 1.69 bits per heavy atom. The fourth-order valence-electron chi connectivity index (χ4n) is 6.24. The van der Waals surface area contributed by atoms with E-state index in [-0.39, 0.29) is 40.3 Å². The van der Waals surface area contributed by atoms with E-state index in [1.807, 2.05) is 0 Å². The number of benzene rings is 2. The van der Waals surface area contributed by atoms with E-state index in [1.165, 1.54) is 24.7 Å². The molecular formula is C37H42F2N2O6S. The molecule has 0 N–H and O–H groups in total. The number of carbonyl (C=O) groups excluding carboxylic acids is 4. The number of ketones is 2. The molecule has 0 aromatic heterocycles. The average molecular weight is 681 g/mol. The van der Waals surface area contributed by atoms with Crippen molar-refractivity contribution in [3.63, 3.8) is 0 Å². The zero-order valence-electron chi connectivity index (χ0n) is 27.1. The molecule has 0 bridgehead atoms. The van der Waals surface area contributed by atoms with Gasteiger partial charge in [0.25, 0.3) is 12.9 Å². The van der Waals surface area contributed by atoms with E-state index >= 15 is 0 Å². The lowest BCUT2D eigenvalue weighted by atomic mass is 9.93. The van der Waals surface area contributed by atoms with Crippen LogP contribution in [0.3, 0.4) is 0 Å². The SMILES string of the molecule is CC1CCN(Cc2c(F)cccc2C(=O)C2CC2)C/C1=C/OC=O.O=CO/C=C1/CN(Cc2c(F)cccc2C(=O)C2CC2)CCC1S. The Labute approximate surface area is 285 Å². The molecule has 4 fully saturated rings. The van der Waals surface area contributed by atoms with Gasteiger partial charge >= 0.3 is 0 Å². The predicted octanol–water partition coefficient (Wildman–Crippen LogP) is 6.30. The van der Waals surface area contributed by atoms with Gasteiger partial charge in [-0.2, -0.15) is 12.6 Å². The first-order chi connectivity index (χ1) is 23.2. The molecule has 0 radical (unpaired) electrons. The maximum Gasteiger partial charge on any atom is 0.297 e. The van der Waals surface area contributed by atoms with Crippen LogP contribution in [0.5, 0.6) is 0 Å². The number of nitrogens with zero attached hydrogens (tertiary/aromatic N) is 2. The van der Waals surface area contributed by atoms with Crippen LogP contribution in [0, 0.1) is 29.4 Å². The van der Waals surface area contributed by atoms with Gasteiger partial charge in [-0.25, -0.2) is 8.78 Å². The molecule has 2 atom stereocenters. The first kappa shape index (κ1) is 35.6. The lowest BCUT2D eigenvalue weighted by Gasteiger charge is -2.32. The largest absolute Gasteiger partial charge is 0.437 e. The van der Waals surface area contributed by atoms with Gasteiger partial charge in [0, 0.05) is 72.1 Å². The van der Waals surface area contributed by atoms with Gasteiger partial charge in [-0.3, -0.25) is 29.0 Å².